The quantitative estimate of drug-likeness (QED) is 0.940. The fourth-order valence-electron chi connectivity index (χ4n) is 1.63. The monoisotopic (exact) mass is 331 g/mol. The third kappa shape index (κ3) is 3.85. The number of aromatic nitrogens is 2. The molecule has 1 heterocycles. The number of carbonyl (C=O) groups is 1. The van der Waals surface area contributed by atoms with E-state index in [4.69, 9.17) is 11.6 Å². The van der Waals surface area contributed by atoms with Crippen molar-refractivity contribution < 1.29 is 18.0 Å². The van der Waals surface area contributed by atoms with Crippen LogP contribution in [0.4, 0.5) is 18.9 Å². The molecule has 0 radical (unpaired) electrons. The Morgan fingerprint density at radius 3 is 2.68 bits per heavy atom. The lowest BCUT2D eigenvalue weighted by Gasteiger charge is -2.11. The average Bonchev–Trinajstić information content (AvgIpc) is 2.42. The summed E-state index contributed by atoms with van der Waals surface area (Å²) >= 11 is 5.76. The lowest BCUT2D eigenvalue weighted by atomic mass is 10.2. The van der Waals surface area contributed by atoms with Gasteiger partial charge < -0.3 is 5.32 Å². The maximum Gasteiger partial charge on any atom is 0.416 e. The van der Waals surface area contributed by atoms with E-state index in [0.29, 0.717) is 0 Å². The molecular formula is C13H9ClF3N3O2. The summed E-state index contributed by atoms with van der Waals surface area (Å²) in [6.07, 6.45) is -3.24. The van der Waals surface area contributed by atoms with Crippen LogP contribution in [0.5, 0.6) is 0 Å². The minimum absolute atomic E-state index is 0.0466. The van der Waals surface area contributed by atoms with Crippen LogP contribution in [0.1, 0.15) is 5.56 Å². The van der Waals surface area contributed by atoms with Gasteiger partial charge in [-0.25, -0.2) is 4.68 Å². The molecule has 22 heavy (non-hydrogen) atoms. The molecule has 0 spiro atoms. The molecule has 0 aliphatic rings. The molecule has 0 unspecified atom stereocenters. The largest absolute Gasteiger partial charge is 0.416 e. The van der Waals surface area contributed by atoms with E-state index in [1.54, 1.807) is 0 Å². The zero-order chi connectivity index (χ0) is 16.3. The predicted molar refractivity (Wildman–Crippen MR) is 73.6 cm³/mol. The molecule has 0 atom stereocenters. The summed E-state index contributed by atoms with van der Waals surface area (Å²) < 4.78 is 38.7. The van der Waals surface area contributed by atoms with Gasteiger partial charge in [-0.3, -0.25) is 9.59 Å². The highest BCUT2D eigenvalue weighted by Gasteiger charge is 2.31. The molecule has 2 aromatic rings. The van der Waals surface area contributed by atoms with Crippen molar-refractivity contribution in [3.05, 3.63) is 57.5 Å². The molecule has 0 aliphatic heterocycles. The van der Waals surface area contributed by atoms with Gasteiger partial charge in [-0.2, -0.15) is 18.3 Å². The highest BCUT2D eigenvalue weighted by Crippen LogP contribution is 2.33. The first-order valence-corrected chi connectivity index (χ1v) is 6.34. The molecule has 0 aliphatic carbocycles. The Bertz CT molecular complexity index is 759. The average molecular weight is 332 g/mol. The Labute approximate surface area is 127 Å². The summed E-state index contributed by atoms with van der Waals surface area (Å²) in [7, 11) is 0. The van der Waals surface area contributed by atoms with E-state index in [0.717, 1.165) is 22.9 Å². The van der Waals surface area contributed by atoms with Gasteiger partial charge in [0, 0.05) is 12.3 Å². The van der Waals surface area contributed by atoms with Crippen molar-refractivity contribution in [2.24, 2.45) is 0 Å². The fourth-order valence-corrected chi connectivity index (χ4v) is 1.79. The van der Waals surface area contributed by atoms with Crippen LogP contribution in [-0.4, -0.2) is 15.7 Å². The number of nitrogens with one attached hydrogen (secondary N) is 1. The number of hydrogen-bond acceptors (Lipinski definition) is 3. The van der Waals surface area contributed by atoms with Crippen LogP contribution >= 0.6 is 11.6 Å². The van der Waals surface area contributed by atoms with E-state index in [1.807, 2.05) is 0 Å². The smallest absolute Gasteiger partial charge is 0.323 e. The van der Waals surface area contributed by atoms with Crippen molar-refractivity contribution in [3.8, 4) is 0 Å². The molecule has 5 nitrogen and oxygen atoms in total. The number of anilines is 1. The topological polar surface area (TPSA) is 64.0 Å². The third-order valence-electron chi connectivity index (χ3n) is 2.65. The van der Waals surface area contributed by atoms with E-state index in [9.17, 15) is 22.8 Å². The minimum atomic E-state index is -4.55. The Morgan fingerprint density at radius 1 is 1.32 bits per heavy atom. The van der Waals surface area contributed by atoms with Crippen LogP contribution in [-0.2, 0) is 17.5 Å². The number of hydrogen-bond donors (Lipinski definition) is 1. The number of carbonyl (C=O) groups excluding carboxylic acids is 1. The third-order valence-corrected chi connectivity index (χ3v) is 2.98. The molecule has 0 saturated heterocycles. The standard InChI is InChI=1S/C13H9ClF3N3O2/c14-9-4-3-8(13(15,16)17)6-10(9)19-11(21)7-20-12(22)2-1-5-18-20/h1-6H,7H2,(H,19,21). The number of nitrogens with zero attached hydrogens (tertiary/aromatic N) is 2. The van der Waals surface area contributed by atoms with Gasteiger partial charge in [-0.1, -0.05) is 11.6 Å². The second kappa shape index (κ2) is 6.18. The number of halogens is 4. The highest BCUT2D eigenvalue weighted by atomic mass is 35.5. The van der Waals surface area contributed by atoms with Crippen LogP contribution in [0.2, 0.25) is 5.02 Å². The molecule has 1 amide bonds. The minimum Gasteiger partial charge on any atom is -0.323 e. The Kier molecular flexibility index (Phi) is 4.51. The van der Waals surface area contributed by atoms with Gasteiger partial charge in [0.1, 0.15) is 6.54 Å². The van der Waals surface area contributed by atoms with Crippen molar-refractivity contribution in [2.45, 2.75) is 12.7 Å². The zero-order valence-corrected chi connectivity index (χ0v) is 11.6. The molecule has 0 saturated carbocycles. The van der Waals surface area contributed by atoms with E-state index in [2.05, 4.69) is 10.4 Å². The van der Waals surface area contributed by atoms with Gasteiger partial charge in [0.15, 0.2) is 0 Å². The van der Waals surface area contributed by atoms with Crippen molar-refractivity contribution in [3.63, 3.8) is 0 Å². The van der Waals surface area contributed by atoms with Gasteiger partial charge in [0.2, 0.25) is 5.91 Å². The predicted octanol–water partition coefficient (Wildman–Crippen LogP) is 2.55. The molecule has 1 aromatic heterocycles. The van der Waals surface area contributed by atoms with Gasteiger partial charge in [-0.05, 0) is 24.3 Å². The first-order valence-electron chi connectivity index (χ1n) is 5.96. The van der Waals surface area contributed by atoms with Gasteiger partial charge in [-0.15, -0.1) is 0 Å². The van der Waals surface area contributed by atoms with Crippen molar-refractivity contribution >= 4 is 23.2 Å². The molecule has 1 aromatic carbocycles. The summed E-state index contributed by atoms with van der Waals surface area (Å²) in [5.74, 6) is -0.720. The van der Waals surface area contributed by atoms with Gasteiger partial charge in [0.25, 0.3) is 5.56 Å². The number of rotatable bonds is 3. The Morgan fingerprint density at radius 2 is 2.05 bits per heavy atom. The second-order valence-corrected chi connectivity index (χ2v) is 4.67. The van der Waals surface area contributed by atoms with E-state index >= 15 is 0 Å². The normalized spacial score (nSPS) is 11.3. The van der Waals surface area contributed by atoms with Crippen molar-refractivity contribution in [1.82, 2.24) is 9.78 Å². The lowest BCUT2D eigenvalue weighted by molar-refractivity contribution is -0.137. The number of benzene rings is 1. The Hall–Kier alpha value is -2.35. The molecular weight excluding hydrogens is 323 g/mol. The number of alkyl halides is 3. The maximum atomic E-state index is 12.6. The molecule has 2 rings (SSSR count). The van der Waals surface area contributed by atoms with Crippen LogP contribution in [0, 0.1) is 0 Å². The SMILES string of the molecule is O=C(Cn1ncccc1=O)Nc1cc(C(F)(F)F)ccc1Cl. The van der Waals surface area contributed by atoms with Crippen LogP contribution in [0.3, 0.4) is 0 Å². The summed E-state index contributed by atoms with van der Waals surface area (Å²) in [6, 6.07) is 5.17. The first kappa shape index (κ1) is 16.0. The van der Waals surface area contributed by atoms with Crippen molar-refractivity contribution in [2.75, 3.05) is 5.32 Å². The molecule has 116 valence electrons. The Balaban J connectivity index is 2.18. The van der Waals surface area contributed by atoms with Crippen LogP contribution in [0.25, 0.3) is 0 Å². The number of amides is 1. The molecule has 0 bridgehead atoms. The van der Waals surface area contributed by atoms with E-state index < -0.39 is 29.8 Å². The molecule has 9 heteroatoms. The highest BCUT2D eigenvalue weighted by molar-refractivity contribution is 6.33. The van der Waals surface area contributed by atoms with E-state index in [-0.39, 0.29) is 10.7 Å². The van der Waals surface area contributed by atoms with Crippen molar-refractivity contribution in [1.29, 1.82) is 0 Å². The summed E-state index contributed by atoms with van der Waals surface area (Å²) in [5, 5.41) is 5.85. The second-order valence-electron chi connectivity index (χ2n) is 4.26. The summed E-state index contributed by atoms with van der Waals surface area (Å²) in [4.78, 5) is 23.2. The van der Waals surface area contributed by atoms with Crippen LogP contribution < -0.4 is 10.9 Å². The summed E-state index contributed by atoms with van der Waals surface area (Å²) in [6.45, 7) is -0.438. The van der Waals surface area contributed by atoms with Crippen LogP contribution in [0.15, 0.2) is 41.3 Å². The molecule has 0 fully saturated rings. The fraction of sp³-hybridized carbons (Fsp3) is 0.154. The maximum absolute atomic E-state index is 12.6. The van der Waals surface area contributed by atoms with E-state index in [1.165, 1.54) is 18.3 Å². The first-order chi connectivity index (χ1) is 10.3. The van der Waals surface area contributed by atoms with Gasteiger partial charge in [0.05, 0.1) is 16.3 Å². The molecule has 1 N–H and O–H groups in total. The summed E-state index contributed by atoms with van der Waals surface area (Å²) in [5.41, 5.74) is -1.64. The van der Waals surface area contributed by atoms with Gasteiger partial charge >= 0.3 is 6.18 Å². The zero-order valence-electron chi connectivity index (χ0n) is 10.9. The lowest BCUT2D eigenvalue weighted by Crippen LogP contribution is -2.28.